The normalized spacial score (nSPS) is 23.6. The first-order valence-electron chi connectivity index (χ1n) is 8.40. The molecule has 2 amide bonds. The van der Waals surface area contributed by atoms with Gasteiger partial charge in [-0.15, -0.1) is 0 Å². The van der Waals surface area contributed by atoms with Crippen LogP contribution in [0, 0.1) is 5.92 Å². The molecule has 1 saturated heterocycles. The highest BCUT2D eigenvalue weighted by Gasteiger charge is 2.49. The Hall–Kier alpha value is -2.10. The van der Waals surface area contributed by atoms with Crippen molar-refractivity contribution in [2.24, 2.45) is 5.92 Å². The summed E-state index contributed by atoms with van der Waals surface area (Å²) in [7, 11) is 0. The number of hydrogen-bond donors (Lipinski definition) is 1. The van der Waals surface area contributed by atoms with Gasteiger partial charge in [-0.1, -0.05) is 42.5 Å². The molecule has 1 aromatic rings. The molecule has 23 heavy (non-hydrogen) atoms. The summed E-state index contributed by atoms with van der Waals surface area (Å²) in [4.78, 5) is 26.5. The summed E-state index contributed by atoms with van der Waals surface area (Å²) in [6, 6.07) is 9.91. The van der Waals surface area contributed by atoms with Crippen molar-refractivity contribution in [2.75, 3.05) is 13.1 Å². The van der Waals surface area contributed by atoms with Crippen LogP contribution in [0.4, 0.5) is 0 Å². The molecule has 2 aliphatic rings. The number of hydrogen-bond acceptors (Lipinski definition) is 2. The molecule has 0 spiro atoms. The lowest BCUT2D eigenvalue weighted by Gasteiger charge is -2.49. The molecule has 1 aliphatic carbocycles. The monoisotopic (exact) mass is 312 g/mol. The quantitative estimate of drug-likeness (QED) is 0.878. The minimum atomic E-state index is -0.660. The van der Waals surface area contributed by atoms with Crippen LogP contribution in [-0.2, 0) is 9.59 Å². The lowest BCUT2D eigenvalue weighted by atomic mass is 9.85. The van der Waals surface area contributed by atoms with E-state index in [1.54, 1.807) is 4.90 Å². The van der Waals surface area contributed by atoms with Crippen LogP contribution in [-0.4, -0.2) is 35.3 Å². The number of carbonyl (C=O) groups is 2. The topological polar surface area (TPSA) is 49.4 Å². The molecule has 122 valence electrons. The fraction of sp³-hybridized carbons (Fsp3) is 0.474. The Kier molecular flexibility index (Phi) is 4.51. The fourth-order valence-corrected chi connectivity index (χ4v) is 2.91. The van der Waals surface area contributed by atoms with Crippen LogP contribution in [0.15, 0.2) is 36.4 Å². The number of carbonyl (C=O) groups excluding carboxylic acids is 2. The molecule has 1 heterocycles. The highest BCUT2D eigenvalue weighted by atomic mass is 16.2. The summed E-state index contributed by atoms with van der Waals surface area (Å²) in [5.74, 6) is 0.670. The summed E-state index contributed by atoms with van der Waals surface area (Å²) in [6.45, 7) is 3.30. The average molecular weight is 312 g/mol. The van der Waals surface area contributed by atoms with E-state index in [0.717, 1.165) is 18.5 Å². The third-order valence-corrected chi connectivity index (χ3v) is 4.86. The van der Waals surface area contributed by atoms with Gasteiger partial charge in [0.1, 0.15) is 5.54 Å². The van der Waals surface area contributed by atoms with E-state index in [4.69, 9.17) is 0 Å². The molecule has 3 rings (SSSR count). The third kappa shape index (κ3) is 3.63. The van der Waals surface area contributed by atoms with E-state index in [2.05, 4.69) is 5.32 Å². The Bertz CT molecular complexity index is 607. The van der Waals surface area contributed by atoms with Crippen LogP contribution in [0.2, 0.25) is 0 Å². The number of nitrogens with zero attached hydrogens (tertiary/aromatic N) is 1. The second kappa shape index (κ2) is 6.57. The van der Waals surface area contributed by atoms with Gasteiger partial charge in [0, 0.05) is 19.5 Å². The van der Waals surface area contributed by atoms with Crippen LogP contribution in [0.5, 0.6) is 0 Å². The minimum Gasteiger partial charge on any atom is -0.354 e. The number of rotatable bonds is 6. The van der Waals surface area contributed by atoms with Gasteiger partial charge in [-0.3, -0.25) is 9.59 Å². The first-order chi connectivity index (χ1) is 11.1. The van der Waals surface area contributed by atoms with E-state index in [-0.39, 0.29) is 11.8 Å². The van der Waals surface area contributed by atoms with Gasteiger partial charge in [0.05, 0.1) is 0 Å². The molecule has 1 aliphatic heterocycles. The molecule has 2 fully saturated rings. The average Bonchev–Trinajstić information content (AvgIpc) is 3.36. The molecule has 0 aromatic heterocycles. The lowest BCUT2D eigenvalue weighted by molar-refractivity contribution is -0.156. The van der Waals surface area contributed by atoms with Gasteiger partial charge in [0.25, 0.3) is 0 Å². The molecule has 1 atom stereocenters. The molecule has 1 unspecified atom stereocenters. The maximum absolute atomic E-state index is 12.4. The molecular weight excluding hydrogens is 288 g/mol. The Morgan fingerprint density at radius 1 is 1.30 bits per heavy atom. The van der Waals surface area contributed by atoms with Crippen LogP contribution in [0.1, 0.15) is 38.2 Å². The maximum Gasteiger partial charge on any atom is 0.245 e. The van der Waals surface area contributed by atoms with Gasteiger partial charge in [-0.05, 0) is 37.7 Å². The Morgan fingerprint density at radius 3 is 2.65 bits per heavy atom. The van der Waals surface area contributed by atoms with Crippen molar-refractivity contribution < 1.29 is 9.59 Å². The summed E-state index contributed by atoms with van der Waals surface area (Å²) < 4.78 is 0. The molecule has 1 aromatic carbocycles. The van der Waals surface area contributed by atoms with Gasteiger partial charge in [-0.25, -0.2) is 0 Å². The zero-order valence-corrected chi connectivity index (χ0v) is 13.6. The van der Waals surface area contributed by atoms with Crippen LogP contribution < -0.4 is 5.32 Å². The number of nitrogens with one attached hydrogen (secondary N) is 1. The Balaban J connectivity index is 1.52. The number of amides is 2. The molecule has 1 N–H and O–H groups in total. The van der Waals surface area contributed by atoms with E-state index in [0.29, 0.717) is 18.9 Å². The Labute approximate surface area is 137 Å². The van der Waals surface area contributed by atoms with Crippen molar-refractivity contribution in [3.8, 4) is 0 Å². The minimum absolute atomic E-state index is 0.00367. The predicted octanol–water partition coefficient (Wildman–Crippen LogP) is 2.61. The smallest absolute Gasteiger partial charge is 0.245 e. The SMILES string of the molecule is CC1(C(=O)NCC2CC2)CCN1C(=O)C/C=C/c1ccccc1. The molecule has 4 heteroatoms. The van der Waals surface area contributed by atoms with E-state index >= 15 is 0 Å². The van der Waals surface area contributed by atoms with Crippen molar-refractivity contribution in [1.29, 1.82) is 0 Å². The zero-order chi connectivity index (χ0) is 16.3. The van der Waals surface area contributed by atoms with E-state index in [1.165, 1.54) is 12.8 Å². The van der Waals surface area contributed by atoms with E-state index in [1.807, 2.05) is 49.4 Å². The van der Waals surface area contributed by atoms with Gasteiger partial charge in [0.15, 0.2) is 0 Å². The summed E-state index contributed by atoms with van der Waals surface area (Å²) in [5.41, 5.74) is 0.417. The highest BCUT2D eigenvalue weighted by Crippen LogP contribution is 2.32. The third-order valence-electron chi connectivity index (χ3n) is 4.86. The molecule has 1 saturated carbocycles. The lowest BCUT2D eigenvalue weighted by Crippen LogP contribution is -2.67. The summed E-state index contributed by atoms with van der Waals surface area (Å²) in [5, 5.41) is 3.00. The number of likely N-dealkylation sites (tertiary alicyclic amines) is 1. The van der Waals surface area contributed by atoms with Crippen LogP contribution in [0.25, 0.3) is 6.08 Å². The summed E-state index contributed by atoms with van der Waals surface area (Å²) >= 11 is 0. The van der Waals surface area contributed by atoms with Crippen LogP contribution in [0.3, 0.4) is 0 Å². The summed E-state index contributed by atoms with van der Waals surface area (Å²) in [6.07, 6.45) is 7.33. The maximum atomic E-state index is 12.4. The van der Waals surface area contributed by atoms with Crippen molar-refractivity contribution in [1.82, 2.24) is 10.2 Å². The van der Waals surface area contributed by atoms with E-state index < -0.39 is 5.54 Å². The van der Waals surface area contributed by atoms with Crippen molar-refractivity contribution in [3.63, 3.8) is 0 Å². The van der Waals surface area contributed by atoms with Crippen LogP contribution >= 0.6 is 0 Å². The molecule has 0 radical (unpaired) electrons. The zero-order valence-electron chi connectivity index (χ0n) is 13.6. The Morgan fingerprint density at radius 2 is 2.04 bits per heavy atom. The first-order valence-corrected chi connectivity index (χ1v) is 8.40. The van der Waals surface area contributed by atoms with Crippen molar-refractivity contribution in [3.05, 3.63) is 42.0 Å². The molecule has 0 bridgehead atoms. The van der Waals surface area contributed by atoms with Gasteiger partial charge in [-0.2, -0.15) is 0 Å². The highest BCUT2D eigenvalue weighted by molar-refractivity contribution is 5.93. The second-order valence-corrected chi connectivity index (χ2v) is 6.74. The molecule has 4 nitrogen and oxygen atoms in total. The van der Waals surface area contributed by atoms with Crippen molar-refractivity contribution >= 4 is 17.9 Å². The van der Waals surface area contributed by atoms with Gasteiger partial charge >= 0.3 is 0 Å². The first kappa shape index (κ1) is 15.8. The largest absolute Gasteiger partial charge is 0.354 e. The van der Waals surface area contributed by atoms with E-state index in [9.17, 15) is 9.59 Å². The standard InChI is InChI=1S/C19H24N2O2/c1-19(18(23)20-14-16-10-11-16)12-13-21(19)17(22)9-5-8-15-6-3-2-4-7-15/h2-8,16H,9-14H2,1H3,(H,20,23)/b8-5+. The van der Waals surface area contributed by atoms with Gasteiger partial charge in [0.2, 0.25) is 11.8 Å². The predicted molar refractivity (Wildman–Crippen MR) is 90.6 cm³/mol. The molecular formula is C19H24N2O2. The van der Waals surface area contributed by atoms with Gasteiger partial charge < -0.3 is 10.2 Å². The fourth-order valence-electron chi connectivity index (χ4n) is 2.91. The van der Waals surface area contributed by atoms with Crippen molar-refractivity contribution in [2.45, 2.75) is 38.1 Å². The number of benzene rings is 1. The second-order valence-electron chi connectivity index (χ2n) is 6.74.